The predicted molar refractivity (Wildman–Crippen MR) is 87.1 cm³/mol. The second-order valence-electron chi connectivity index (χ2n) is 4.27. The third-order valence-electron chi connectivity index (χ3n) is 2.66. The van der Waals surface area contributed by atoms with Crippen LogP contribution in [0.5, 0.6) is 5.75 Å². The van der Waals surface area contributed by atoms with Gasteiger partial charge in [-0.1, -0.05) is 29.8 Å². The highest BCUT2D eigenvalue weighted by Crippen LogP contribution is 2.19. The molecule has 2 rings (SSSR count). The van der Waals surface area contributed by atoms with Crippen molar-refractivity contribution in [1.82, 2.24) is 5.43 Å². The van der Waals surface area contributed by atoms with E-state index in [1.54, 1.807) is 18.3 Å². The van der Waals surface area contributed by atoms with Crippen molar-refractivity contribution < 1.29 is 9.90 Å². The summed E-state index contributed by atoms with van der Waals surface area (Å²) < 4.78 is 0.869. The molecular formula is C15H13IN2O2. The summed E-state index contributed by atoms with van der Waals surface area (Å²) in [5.41, 5.74) is 4.66. The Balaban J connectivity index is 2.05. The molecule has 20 heavy (non-hydrogen) atoms. The molecule has 0 aromatic heterocycles. The van der Waals surface area contributed by atoms with E-state index in [-0.39, 0.29) is 11.3 Å². The molecule has 0 unspecified atom stereocenters. The van der Waals surface area contributed by atoms with Crippen molar-refractivity contribution >= 4 is 34.7 Å². The van der Waals surface area contributed by atoms with Crippen LogP contribution in [-0.4, -0.2) is 17.2 Å². The van der Waals surface area contributed by atoms with Crippen molar-refractivity contribution in [2.75, 3.05) is 0 Å². The number of benzene rings is 2. The van der Waals surface area contributed by atoms with Crippen LogP contribution in [0.25, 0.3) is 0 Å². The summed E-state index contributed by atoms with van der Waals surface area (Å²) in [6, 6.07) is 12.6. The minimum absolute atomic E-state index is 0.0616. The zero-order valence-corrected chi connectivity index (χ0v) is 13.0. The largest absolute Gasteiger partial charge is 0.507 e. The van der Waals surface area contributed by atoms with Gasteiger partial charge in [-0.25, -0.2) is 5.43 Å². The maximum atomic E-state index is 11.9. The summed E-state index contributed by atoms with van der Waals surface area (Å²) in [7, 11) is 0. The lowest BCUT2D eigenvalue weighted by atomic mass is 10.2. The molecule has 2 N–H and O–H groups in total. The van der Waals surface area contributed by atoms with Crippen LogP contribution in [0.4, 0.5) is 0 Å². The van der Waals surface area contributed by atoms with Crippen molar-refractivity contribution in [3.05, 3.63) is 62.7 Å². The van der Waals surface area contributed by atoms with Gasteiger partial charge >= 0.3 is 0 Å². The fourth-order valence-electron chi connectivity index (χ4n) is 1.57. The van der Waals surface area contributed by atoms with Crippen molar-refractivity contribution in [3.63, 3.8) is 0 Å². The van der Waals surface area contributed by atoms with E-state index in [9.17, 15) is 9.90 Å². The number of aryl methyl sites for hydroxylation is 1. The molecule has 0 saturated heterocycles. The van der Waals surface area contributed by atoms with E-state index >= 15 is 0 Å². The molecule has 4 nitrogen and oxygen atoms in total. The summed E-state index contributed by atoms with van der Waals surface area (Å²) in [4.78, 5) is 11.9. The fourth-order valence-corrected chi connectivity index (χ4v) is 2.06. The number of halogens is 1. The van der Waals surface area contributed by atoms with Gasteiger partial charge in [-0.2, -0.15) is 5.10 Å². The minimum Gasteiger partial charge on any atom is -0.507 e. The van der Waals surface area contributed by atoms with Gasteiger partial charge in [0.25, 0.3) is 5.91 Å². The first kappa shape index (κ1) is 14.5. The number of amides is 1. The van der Waals surface area contributed by atoms with E-state index in [0.717, 1.165) is 14.7 Å². The van der Waals surface area contributed by atoms with E-state index in [1.807, 2.05) is 31.2 Å². The lowest BCUT2D eigenvalue weighted by molar-refractivity contribution is 0.0952. The van der Waals surface area contributed by atoms with Gasteiger partial charge in [0.05, 0.1) is 11.8 Å². The topological polar surface area (TPSA) is 61.7 Å². The number of carbonyl (C=O) groups is 1. The van der Waals surface area contributed by atoms with Gasteiger partial charge in [-0.3, -0.25) is 4.79 Å². The molecule has 5 heteroatoms. The molecular weight excluding hydrogens is 367 g/mol. The zero-order valence-electron chi connectivity index (χ0n) is 10.8. The first-order valence-corrected chi connectivity index (χ1v) is 7.03. The Hall–Kier alpha value is -1.89. The number of rotatable bonds is 3. The van der Waals surface area contributed by atoms with Gasteiger partial charge < -0.3 is 5.11 Å². The predicted octanol–water partition coefficient (Wildman–Crippen LogP) is 3.07. The number of carbonyl (C=O) groups excluding carboxylic acids is 1. The molecule has 0 spiro atoms. The Kier molecular flexibility index (Phi) is 4.73. The molecule has 0 heterocycles. The molecule has 102 valence electrons. The number of nitrogens with one attached hydrogen (secondary N) is 1. The van der Waals surface area contributed by atoms with Crippen molar-refractivity contribution in [2.45, 2.75) is 6.92 Å². The Labute approximate surface area is 130 Å². The third kappa shape index (κ3) is 3.80. The van der Waals surface area contributed by atoms with Crippen molar-refractivity contribution in [2.24, 2.45) is 5.10 Å². The molecule has 0 radical (unpaired) electrons. The zero-order chi connectivity index (χ0) is 14.5. The van der Waals surface area contributed by atoms with Gasteiger partial charge in [0.2, 0.25) is 0 Å². The summed E-state index contributed by atoms with van der Waals surface area (Å²) in [6.45, 7) is 2.00. The average Bonchev–Trinajstić information content (AvgIpc) is 2.43. The van der Waals surface area contributed by atoms with Gasteiger partial charge in [0.15, 0.2) is 0 Å². The van der Waals surface area contributed by atoms with Crippen molar-refractivity contribution in [3.8, 4) is 5.75 Å². The molecule has 0 aliphatic heterocycles. The molecule has 0 aliphatic rings. The highest BCUT2D eigenvalue weighted by Gasteiger charge is 2.10. The number of hydrazone groups is 1. The molecule has 0 bridgehead atoms. The molecule has 2 aromatic carbocycles. The van der Waals surface area contributed by atoms with E-state index in [0.29, 0.717) is 0 Å². The first-order chi connectivity index (χ1) is 9.56. The van der Waals surface area contributed by atoms with E-state index < -0.39 is 5.91 Å². The highest BCUT2D eigenvalue weighted by molar-refractivity contribution is 14.1. The molecule has 0 saturated carbocycles. The van der Waals surface area contributed by atoms with Crippen LogP contribution in [0.3, 0.4) is 0 Å². The number of nitrogens with zero attached hydrogens (tertiary/aromatic N) is 1. The molecule has 0 atom stereocenters. The van der Waals surface area contributed by atoms with Crippen molar-refractivity contribution in [1.29, 1.82) is 0 Å². The van der Waals surface area contributed by atoms with Crippen LogP contribution in [0, 0.1) is 10.5 Å². The first-order valence-electron chi connectivity index (χ1n) is 5.95. The van der Waals surface area contributed by atoms with Gasteiger partial charge in [0.1, 0.15) is 5.75 Å². The van der Waals surface area contributed by atoms with Gasteiger partial charge in [0, 0.05) is 3.57 Å². The molecule has 1 amide bonds. The molecule has 0 aliphatic carbocycles. The maximum Gasteiger partial charge on any atom is 0.275 e. The van der Waals surface area contributed by atoms with E-state index in [4.69, 9.17) is 0 Å². The van der Waals surface area contributed by atoms with Crippen LogP contribution < -0.4 is 5.43 Å². The Morgan fingerprint density at radius 1 is 1.25 bits per heavy atom. The summed E-state index contributed by atoms with van der Waals surface area (Å²) in [5.74, 6) is -0.502. The molecule has 2 aromatic rings. The Bertz CT molecular complexity index is 651. The quantitative estimate of drug-likeness (QED) is 0.489. The highest BCUT2D eigenvalue weighted by atomic mass is 127. The summed E-state index contributed by atoms with van der Waals surface area (Å²) in [5, 5.41) is 13.5. The van der Waals surface area contributed by atoms with Crippen LogP contribution in [0.2, 0.25) is 0 Å². The second kappa shape index (κ2) is 6.51. The normalized spacial score (nSPS) is 10.7. The van der Waals surface area contributed by atoms with E-state index in [1.165, 1.54) is 6.07 Å². The standard InChI is InChI=1S/C15H13IN2O2/c1-10-2-4-11(5-3-10)9-17-18-15(20)13-8-12(16)6-7-14(13)19/h2-9,19H,1H3,(H,18,20)/b17-9-. The third-order valence-corrected chi connectivity index (χ3v) is 3.33. The Morgan fingerprint density at radius 3 is 2.65 bits per heavy atom. The average molecular weight is 380 g/mol. The summed E-state index contributed by atoms with van der Waals surface area (Å²) in [6.07, 6.45) is 1.56. The monoisotopic (exact) mass is 380 g/mol. The fraction of sp³-hybridized carbons (Fsp3) is 0.0667. The van der Waals surface area contributed by atoms with Gasteiger partial charge in [-0.05, 0) is 53.3 Å². The number of hydrogen-bond donors (Lipinski definition) is 2. The van der Waals surface area contributed by atoms with E-state index in [2.05, 4.69) is 33.1 Å². The van der Waals surface area contributed by atoms with Crippen LogP contribution in [-0.2, 0) is 0 Å². The maximum absolute atomic E-state index is 11.9. The Morgan fingerprint density at radius 2 is 1.95 bits per heavy atom. The van der Waals surface area contributed by atoms with Crippen LogP contribution in [0.15, 0.2) is 47.6 Å². The van der Waals surface area contributed by atoms with Gasteiger partial charge in [-0.15, -0.1) is 0 Å². The molecule has 0 fully saturated rings. The van der Waals surface area contributed by atoms with Crippen LogP contribution >= 0.6 is 22.6 Å². The number of aromatic hydroxyl groups is 1. The lowest BCUT2D eigenvalue weighted by Gasteiger charge is -2.03. The smallest absolute Gasteiger partial charge is 0.275 e. The number of phenols is 1. The summed E-state index contributed by atoms with van der Waals surface area (Å²) >= 11 is 2.08. The number of phenolic OH excluding ortho intramolecular Hbond substituents is 1. The SMILES string of the molecule is Cc1ccc(/C=N\NC(=O)c2cc(I)ccc2O)cc1. The number of hydrogen-bond acceptors (Lipinski definition) is 3. The second-order valence-corrected chi connectivity index (χ2v) is 5.52. The minimum atomic E-state index is -0.440. The van der Waals surface area contributed by atoms with Crippen LogP contribution in [0.1, 0.15) is 21.5 Å². The lowest BCUT2D eigenvalue weighted by Crippen LogP contribution is -2.17.